The number of amides is 2. The van der Waals surface area contributed by atoms with E-state index in [1.807, 2.05) is 0 Å². The van der Waals surface area contributed by atoms with E-state index in [-0.39, 0.29) is 11.4 Å². The number of nitrogens with one attached hydrogen (secondary N) is 1. The van der Waals surface area contributed by atoms with Gasteiger partial charge in [-0.15, -0.1) is 0 Å². The number of methoxy groups -OCH3 is 2. The van der Waals surface area contributed by atoms with Gasteiger partial charge in [0.15, 0.2) is 11.5 Å². The number of hydrogen-bond donors (Lipinski definition) is 1. The van der Waals surface area contributed by atoms with Crippen molar-refractivity contribution in [2.24, 2.45) is 0 Å². The van der Waals surface area contributed by atoms with Crippen molar-refractivity contribution in [3.63, 3.8) is 0 Å². The molecule has 0 aliphatic rings. The monoisotopic (exact) mass is 516 g/mol. The number of hydrogen-bond acceptors (Lipinski definition) is 6. The molecule has 0 radical (unpaired) electrons. The summed E-state index contributed by atoms with van der Waals surface area (Å²) in [6.45, 7) is -1.17. The van der Waals surface area contributed by atoms with Gasteiger partial charge in [-0.05, 0) is 12.1 Å². The zero-order valence-corrected chi connectivity index (χ0v) is 18.8. The molecule has 28 heavy (non-hydrogen) atoms. The minimum Gasteiger partial charge on any atom is -0.493 e. The average molecular weight is 519 g/mol. The lowest BCUT2D eigenvalue weighted by Crippen LogP contribution is -2.48. The van der Waals surface area contributed by atoms with Crippen molar-refractivity contribution in [1.82, 2.24) is 5.43 Å². The quantitative estimate of drug-likeness (QED) is 0.434. The van der Waals surface area contributed by atoms with Crippen LogP contribution in [0.3, 0.4) is 0 Å². The summed E-state index contributed by atoms with van der Waals surface area (Å²) in [6.07, 6.45) is -2.21. The summed E-state index contributed by atoms with van der Waals surface area (Å²) < 4.78 is 16.2. The Morgan fingerprint density at radius 2 is 1.46 bits per heavy atom. The van der Waals surface area contributed by atoms with Crippen LogP contribution in [-0.2, 0) is 9.47 Å². The summed E-state index contributed by atoms with van der Waals surface area (Å²) in [5.74, 6) is 0.635. The molecule has 1 aromatic rings. The number of anilines is 1. The zero-order chi connectivity index (χ0) is 21.5. The first-order chi connectivity index (χ1) is 12.9. The normalized spacial score (nSPS) is 11.4. The molecule has 0 saturated carbocycles. The fourth-order valence-corrected chi connectivity index (χ4v) is 1.99. The van der Waals surface area contributed by atoms with Crippen LogP contribution < -0.4 is 19.9 Å². The third kappa shape index (κ3) is 9.07. The van der Waals surface area contributed by atoms with E-state index in [4.69, 9.17) is 88.6 Å². The summed E-state index contributed by atoms with van der Waals surface area (Å²) in [4.78, 5) is 24.4. The fraction of sp³-hybridized carbons (Fsp3) is 0.429. The van der Waals surface area contributed by atoms with Crippen LogP contribution in [-0.4, -0.2) is 47.2 Å². The van der Waals surface area contributed by atoms with E-state index in [9.17, 15) is 9.59 Å². The van der Waals surface area contributed by atoms with Gasteiger partial charge in [0, 0.05) is 6.07 Å². The van der Waals surface area contributed by atoms with Crippen LogP contribution in [0.4, 0.5) is 15.3 Å². The highest BCUT2D eigenvalue weighted by Crippen LogP contribution is 2.32. The molecule has 14 heteroatoms. The molecule has 1 N–H and O–H groups in total. The summed E-state index contributed by atoms with van der Waals surface area (Å²) >= 11 is 33.2. The van der Waals surface area contributed by atoms with Gasteiger partial charge in [-0.2, -0.15) is 5.01 Å². The highest BCUT2D eigenvalue weighted by Gasteiger charge is 2.28. The van der Waals surface area contributed by atoms with E-state index >= 15 is 0 Å². The summed E-state index contributed by atoms with van der Waals surface area (Å²) in [7, 11) is 2.81. The molecular formula is C14H14Cl6N2O6. The molecule has 0 bridgehead atoms. The van der Waals surface area contributed by atoms with E-state index in [1.54, 1.807) is 0 Å². The number of carbonyl (C=O) groups excluding carboxylic acids is 2. The first-order valence-electron chi connectivity index (χ1n) is 7.12. The molecule has 0 spiro atoms. The van der Waals surface area contributed by atoms with Crippen LogP contribution in [0, 0.1) is 0 Å². The van der Waals surface area contributed by atoms with Gasteiger partial charge in [0.05, 0.1) is 19.9 Å². The Hall–Kier alpha value is -0.900. The molecule has 158 valence electrons. The number of hydrazine groups is 1. The van der Waals surface area contributed by atoms with Crippen LogP contribution in [0.2, 0.25) is 0 Å². The van der Waals surface area contributed by atoms with Gasteiger partial charge in [0.1, 0.15) is 13.2 Å². The lowest BCUT2D eigenvalue weighted by atomic mass is 10.2. The summed E-state index contributed by atoms with van der Waals surface area (Å²) in [6, 6.07) is 4.29. The van der Waals surface area contributed by atoms with E-state index in [0.717, 1.165) is 0 Å². The lowest BCUT2D eigenvalue weighted by molar-refractivity contribution is 0.135. The van der Waals surface area contributed by atoms with Gasteiger partial charge >= 0.3 is 12.2 Å². The molecule has 0 aliphatic carbocycles. The van der Waals surface area contributed by atoms with E-state index in [1.165, 1.54) is 32.4 Å². The van der Waals surface area contributed by atoms with E-state index in [2.05, 4.69) is 5.43 Å². The number of rotatable bonds is 5. The van der Waals surface area contributed by atoms with Crippen LogP contribution >= 0.6 is 69.6 Å². The Balaban J connectivity index is 3.07. The minimum atomic E-state index is -1.87. The number of alkyl halides is 6. The highest BCUT2D eigenvalue weighted by atomic mass is 35.6. The maximum absolute atomic E-state index is 12.4. The van der Waals surface area contributed by atoms with E-state index < -0.39 is 33.0 Å². The zero-order valence-electron chi connectivity index (χ0n) is 14.3. The van der Waals surface area contributed by atoms with Crippen molar-refractivity contribution in [1.29, 1.82) is 0 Å². The number of halogens is 6. The molecular weight excluding hydrogens is 505 g/mol. The topological polar surface area (TPSA) is 86.3 Å². The molecule has 0 aromatic heterocycles. The van der Waals surface area contributed by atoms with Crippen LogP contribution in [0.5, 0.6) is 11.5 Å². The van der Waals surface area contributed by atoms with Gasteiger partial charge < -0.3 is 18.9 Å². The molecule has 8 nitrogen and oxygen atoms in total. The minimum absolute atomic E-state index is 0.109. The van der Waals surface area contributed by atoms with Crippen molar-refractivity contribution in [2.75, 3.05) is 32.4 Å². The van der Waals surface area contributed by atoms with Gasteiger partial charge in [-0.3, -0.25) is 0 Å². The molecule has 0 aliphatic heterocycles. The lowest BCUT2D eigenvalue weighted by Gasteiger charge is -2.24. The van der Waals surface area contributed by atoms with Crippen molar-refractivity contribution < 1.29 is 28.5 Å². The fourth-order valence-electron chi connectivity index (χ4n) is 1.66. The second-order valence-corrected chi connectivity index (χ2v) is 9.88. The smallest absolute Gasteiger partial charge is 0.433 e. The van der Waals surface area contributed by atoms with Crippen molar-refractivity contribution >= 4 is 87.5 Å². The highest BCUT2D eigenvalue weighted by molar-refractivity contribution is 6.68. The first-order valence-corrected chi connectivity index (χ1v) is 9.39. The second-order valence-electron chi connectivity index (χ2n) is 4.85. The van der Waals surface area contributed by atoms with Crippen LogP contribution in [0.1, 0.15) is 0 Å². The number of benzene rings is 1. The Morgan fingerprint density at radius 3 is 1.96 bits per heavy atom. The Labute approximate surface area is 190 Å². The predicted octanol–water partition coefficient (Wildman–Crippen LogP) is 5.03. The molecule has 1 rings (SSSR count). The predicted molar refractivity (Wildman–Crippen MR) is 108 cm³/mol. The molecule has 0 fully saturated rings. The number of nitrogens with zero attached hydrogens (tertiary/aromatic N) is 1. The third-order valence-corrected chi connectivity index (χ3v) is 3.39. The summed E-state index contributed by atoms with van der Waals surface area (Å²) in [5, 5.41) is 0.680. The van der Waals surface area contributed by atoms with Gasteiger partial charge in [0.25, 0.3) is 0 Å². The van der Waals surface area contributed by atoms with Crippen LogP contribution in [0.15, 0.2) is 18.2 Å². The Kier molecular flexibility index (Phi) is 9.66. The largest absolute Gasteiger partial charge is 0.493 e. The van der Waals surface area contributed by atoms with Gasteiger partial charge in [-0.1, -0.05) is 69.6 Å². The third-order valence-electron chi connectivity index (χ3n) is 2.74. The standard InChI is InChI=1S/C14H14Cl6N2O6/c1-25-9-4-3-8(5-10(9)26-2)22(12(24)28-7-14(18,19)20)21-11(23)27-6-13(15,16)17/h3-5H,6-7H2,1-2H3,(H,21,23). The molecule has 0 unspecified atom stereocenters. The Bertz CT molecular complexity index is 694. The van der Waals surface area contributed by atoms with Gasteiger partial charge in [-0.25, -0.2) is 15.0 Å². The van der Waals surface area contributed by atoms with Gasteiger partial charge in [0.2, 0.25) is 7.59 Å². The maximum atomic E-state index is 12.4. The average Bonchev–Trinajstić information content (AvgIpc) is 2.60. The number of ether oxygens (including phenoxy) is 4. The molecule has 2 amide bonds. The number of carbonyl (C=O) groups is 2. The van der Waals surface area contributed by atoms with Crippen molar-refractivity contribution in [2.45, 2.75) is 7.59 Å². The molecule has 0 saturated heterocycles. The first kappa shape index (κ1) is 25.1. The maximum Gasteiger partial charge on any atom is 0.433 e. The Morgan fingerprint density at radius 1 is 0.929 bits per heavy atom. The second kappa shape index (κ2) is 10.8. The summed E-state index contributed by atoms with van der Waals surface area (Å²) in [5.41, 5.74) is 2.24. The van der Waals surface area contributed by atoms with Crippen molar-refractivity contribution in [3.05, 3.63) is 18.2 Å². The van der Waals surface area contributed by atoms with E-state index in [0.29, 0.717) is 10.8 Å². The molecule has 0 atom stereocenters. The van der Waals surface area contributed by atoms with Crippen molar-refractivity contribution in [3.8, 4) is 11.5 Å². The molecule has 1 aromatic carbocycles. The molecule has 0 heterocycles. The SMILES string of the molecule is COc1ccc(N(NC(=O)OCC(Cl)(Cl)Cl)C(=O)OCC(Cl)(Cl)Cl)cc1OC. The van der Waals surface area contributed by atoms with Crippen LogP contribution in [0.25, 0.3) is 0 Å².